The zero-order valence-electron chi connectivity index (χ0n) is 7.27. The molecule has 0 aromatic carbocycles. The average molecular weight is 183 g/mol. The molecular weight excluding hydrogens is 177 g/mol. The molecule has 4 nitrogen and oxygen atoms in total. The third kappa shape index (κ3) is 1.44. The summed E-state index contributed by atoms with van der Waals surface area (Å²) in [7, 11) is 4.99. The molecule has 0 spiro atoms. The van der Waals surface area contributed by atoms with Gasteiger partial charge in [0.1, 0.15) is 5.69 Å². The van der Waals surface area contributed by atoms with Crippen LogP contribution in [0.15, 0.2) is 30.5 Å². The summed E-state index contributed by atoms with van der Waals surface area (Å²) in [6.07, 6.45) is 1.62. The van der Waals surface area contributed by atoms with Gasteiger partial charge in [-0.05, 0) is 24.3 Å². The van der Waals surface area contributed by atoms with Gasteiger partial charge in [0.2, 0.25) is 7.98 Å². The molecule has 2 heterocycles. The second-order valence-corrected chi connectivity index (χ2v) is 2.72. The van der Waals surface area contributed by atoms with Gasteiger partial charge < -0.3 is 5.23 Å². The lowest BCUT2D eigenvalue weighted by atomic mass is 10.2. The van der Waals surface area contributed by atoms with E-state index in [1.165, 1.54) is 0 Å². The number of aromatic nitrogens is 2. The highest BCUT2D eigenvalue weighted by molar-refractivity contribution is 6.17. The number of carbonyl (C=O) groups excluding carboxylic acids is 1. The van der Waals surface area contributed by atoms with Crippen molar-refractivity contribution in [2.45, 2.75) is 0 Å². The zero-order valence-corrected chi connectivity index (χ0v) is 7.27. The first kappa shape index (κ1) is 8.68. The minimum absolute atomic E-state index is 0.263. The number of hydrogen-bond donors (Lipinski definition) is 1. The molecule has 66 valence electrons. The highest BCUT2D eigenvalue weighted by atomic mass is 16.1. The molecule has 1 amide bonds. The normalized spacial score (nSPS) is 10.0. The number of nitrogens with zero attached hydrogens (tertiary/aromatic N) is 2. The van der Waals surface area contributed by atoms with E-state index in [4.69, 9.17) is 7.98 Å². The fraction of sp³-hybridized carbons (Fsp3) is 0. The summed E-state index contributed by atoms with van der Waals surface area (Å²) < 4.78 is 0. The molecule has 0 aliphatic carbocycles. The Balaban J connectivity index is 2.56. The first-order chi connectivity index (χ1) is 6.81. The van der Waals surface area contributed by atoms with Gasteiger partial charge in [0.25, 0.3) is 5.91 Å². The lowest BCUT2D eigenvalue weighted by Gasteiger charge is -2.00. The quantitative estimate of drug-likeness (QED) is 0.652. The SMILES string of the molecule is [B]NC(=O)c1ccc2cccnc2n1. The molecule has 5 heteroatoms. The Bertz CT molecular complexity index is 486. The van der Waals surface area contributed by atoms with Gasteiger partial charge in [0.15, 0.2) is 5.65 Å². The molecule has 0 aliphatic heterocycles. The van der Waals surface area contributed by atoms with Crippen molar-refractivity contribution in [3.8, 4) is 0 Å². The summed E-state index contributed by atoms with van der Waals surface area (Å²) in [6.45, 7) is 0. The van der Waals surface area contributed by atoms with E-state index in [-0.39, 0.29) is 5.69 Å². The van der Waals surface area contributed by atoms with Crippen LogP contribution in [0, 0.1) is 0 Å². The molecule has 0 aliphatic rings. The van der Waals surface area contributed by atoms with Gasteiger partial charge >= 0.3 is 0 Å². The van der Waals surface area contributed by atoms with Crippen molar-refractivity contribution in [3.05, 3.63) is 36.2 Å². The largest absolute Gasteiger partial charge is 0.404 e. The fourth-order valence-corrected chi connectivity index (χ4v) is 1.15. The molecule has 2 aromatic rings. The van der Waals surface area contributed by atoms with Crippen LogP contribution in [0.25, 0.3) is 11.0 Å². The third-order valence-corrected chi connectivity index (χ3v) is 1.83. The predicted octanol–water partition coefficient (Wildman–Crippen LogP) is 0.443. The Labute approximate surface area is 81.8 Å². The average Bonchev–Trinajstić information content (AvgIpc) is 2.27. The van der Waals surface area contributed by atoms with Crippen molar-refractivity contribution in [2.24, 2.45) is 0 Å². The number of nitrogens with one attached hydrogen (secondary N) is 1. The van der Waals surface area contributed by atoms with Crippen LogP contribution in [0.2, 0.25) is 0 Å². The number of rotatable bonds is 1. The van der Waals surface area contributed by atoms with E-state index in [1.54, 1.807) is 18.3 Å². The summed E-state index contributed by atoms with van der Waals surface area (Å²) in [5, 5.41) is 2.91. The smallest absolute Gasteiger partial charge is 0.257 e. The summed E-state index contributed by atoms with van der Waals surface area (Å²) in [6, 6.07) is 7.07. The number of pyridine rings is 2. The maximum atomic E-state index is 11.1. The lowest BCUT2D eigenvalue weighted by molar-refractivity contribution is 0.0977. The maximum Gasteiger partial charge on any atom is 0.257 e. The molecule has 2 radical (unpaired) electrons. The minimum Gasteiger partial charge on any atom is -0.404 e. The molecule has 14 heavy (non-hydrogen) atoms. The van der Waals surface area contributed by atoms with Gasteiger partial charge in [-0.25, -0.2) is 9.97 Å². The number of fused-ring (bicyclic) bond motifs is 1. The van der Waals surface area contributed by atoms with Crippen LogP contribution in [-0.2, 0) is 0 Å². The monoisotopic (exact) mass is 183 g/mol. The van der Waals surface area contributed by atoms with E-state index in [0.717, 1.165) is 5.39 Å². The highest BCUT2D eigenvalue weighted by Crippen LogP contribution is 2.08. The zero-order chi connectivity index (χ0) is 9.97. The van der Waals surface area contributed by atoms with E-state index in [2.05, 4.69) is 9.97 Å². The van der Waals surface area contributed by atoms with Crippen LogP contribution in [0.5, 0.6) is 0 Å². The fourth-order valence-electron chi connectivity index (χ4n) is 1.15. The highest BCUT2D eigenvalue weighted by Gasteiger charge is 2.04. The van der Waals surface area contributed by atoms with Crippen molar-refractivity contribution < 1.29 is 4.79 Å². The van der Waals surface area contributed by atoms with Crippen LogP contribution >= 0.6 is 0 Å². The Morgan fingerprint density at radius 2 is 2.21 bits per heavy atom. The summed E-state index contributed by atoms with van der Waals surface area (Å²) in [4.78, 5) is 19.2. The summed E-state index contributed by atoms with van der Waals surface area (Å²) in [5.74, 6) is -0.419. The van der Waals surface area contributed by atoms with Crippen molar-refractivity contribution in [1.82, 2.24) is 15.2 Å². The summed E-state index contributed by atoms with van der Waals surface area (Å²) >= 11 is 0. The molecule has 2 aromatic heterocycles. The van der Waals surface area contributed by atoms with Crippen molar-refractivity contribution in [1.29, 1.82) is 0 Å². The van der Waals surface area contributed by atoms with Gasteiger partial charge in [-0.3, -0.25) is 4.79 Å². The van der Waals surface area contributed by atoms with E-state index < -0.39 is 5.91 Å². The van der Waals surface area contributed by atoms with Crippen LogP contribution in [0.3, 0.4) is 0 Å². The molecule has 0 unspecified atom stereocenters. The van der Waals surface area contributed by atoms with Gasteiger partial charge in [0.05, 0.1) is 0 Å². The maximum absolute atomic E-state index is 11.1. The molecule has 1 N–H and O–H groups in total. The van der Waals surface area contributed by atoms with Gasteiger partial charge in [-0.15, -0.1) is 0 Å². The molecule has 2 rings (SSSR count). The standard InChI is InChI=1S/C9H6BN3O/c10-13-9(14)7-4-3-6-2-1-5-11-8(6)12-7/h1-5H,(H,13,14). The van der Waals surface area contributed by atoms with E-state index >= 15 is 0 Å². The molecule has 0 atom stereocenters. The molecular formula is C9H6BN3O. The van der Waals surface area contributed by atoms with Crippen molar-refractivity contribution >= 4 is 24.9 Å². The molecule has 0 fully saturated rings. The molecule has 0 saturated carbocycles. The van der Waals surface area contributed by atoms with Gasteiger partial charge in [-0.2, -0.15) is 0 Å². The van der Waals surface area contributed by atoms with E-state index in [1.807, 2.05) is 17.4 Å². The Hall–Kier alpha value is -1.91. The van der Waals surface area contributed by atoms with Gasteiger partial charge in [0, 0.05) is 11.6 Å². The second kappa shape index (κ2) is 3.45. The molecule has 0 saturated heterocycles. The van der Waals surface area contributed by atoms with Crippen molar-refractivity contribution in [2.75, 3.05) is 0 Å². The Morgan fingerprint density at radius 1 is 1.36 bits per heavy atom. The van der Waals surface area contributed by atoms with E-state index in [9.17, 15) is 4.79 Å². The predicted molar refractivity (Wildman–Crippen MR) is 52.8 cm³/mol. The third-order valence-electron chi connectivity index (χ3n) is 1.83. The van der Waals surface area contributed by atoms with Crippen LogP contribution in [0.4, 0.5) is 0 Å². The van der Waals surface area contributed by atoms with Gasteiger partial charge in [-0.1, -0.05) is 0 Å². The topological polar surface area (TPSA) is 54.9 Å². The van der Waals surface area contributed by atoms with Crippen LogP contribution < -0.4 is 5.23 Å². The van der Waals surface area contributed by atoms with Crippen LogP contribution in [-0.4, -0.2) is 23.9 Å². The van der Waals surface area contributed by atoms with Crippen LogP contribution in [0.1, 0.15) is 10.5 Å². The first-order valence-corrected chi connectivity index (χ1v) is 4.04. The van der Waals surface area contributed by atoms with E-state index in [0.29, 0.717) is 5.65 Å². The Morgan fingerprint density at radius 3 is 3.00 bits per heavy atom. The number of hydrogen-bond acceptors (Lipinski definition) is 3. The number of amides is 1. The molecule has 0 bridgehead atoms. The van der Waals surface area contributed by atoms with Crippen molar-refractivity contribution in [3.63, 3.8) is 0 Å². The second-order valence-electron chi connectivity index (χ2n) is 2.72. The minimum atomic E-state index is -0.419. The summed E-state index contributed by atoms with van der Waals surface area (Å²) in [5.41, 5.74) is 0.798. The first-order valence-electron chi connectivity index (χ1n) is 4.04. The lowest BCUT2D eigenvalue weighted by Crippen LogP contribution is -2.20. The Kier molecular flexibility index (Phi) is 2.14. The number of carbonyl (C=O) groups is 1.